The van der Waals surface area contributed by atoms with Gasteiger partial charge in [0.15, 0.2) is 0 Å². The minimum absolute atomic E-state index is 0.0196. The molecule has 0 aromatic carbocycles. The van der Waals surface area contributed by atoms with Crippen LogP contribution in [0.1, 0.15) is 6.92 Å². The number of nitrogens with one attached hydrogen (secondary N) is 2. The topological polar surface area (TPSA) is 73.9 Å². The summed E-state index contributed by atoms with van der Waals surface area (Å²) in [6.07, 6.45) is 0. The molecule has 1 unspecified atom stereocenters. The Balaban J connectivity index is 2.35. The van der Waals surface area contributed by atoms with Gasteiger partial charge in [-0.3, -0.25) is 14.5 Å². The Bertz CT molecular complexity index is 319. The van der Waals surface area contributed by atoms with E-state index in [-0.39, 0.29) is 24.4 Å². The van der Waals surface area contributed by atoms with Gasteiger partial charge in [-0.05, 0) is 6.92 Å². The summed E-state index contributed by atoms with van der Waals surface area (Å²) in [5.74, 6) is -0.181. The van der Waals surface area contributed by atoms with Gasteiger partial charge >= 0.3 is 0 Å². The summed E-state index contributed by atoms with van der Waals surface area (Å²) in [4.78, 5) is 27.5. The molecule has 1 saturated heterocycles. The Labute approximate surface area is 120 Å². The lowest BCUT2D eigenvalue weighted by Crippen LogP contribution is -2.53. The van der Waals surface area contributed by atoms with Crippen LogP contribution in [0.5, 0.6) is 0 Å². The summed E-state index contributed by atoms with van der Waals surface area (Å²) < 4.78 is 4.85. The zero-order valence-corrected chi connectivity index (χ0v) is 12.6. The van der Waals surface area contributed by atoms with Crippen molar-refractivity contribution in [2.24, 2.45) is 0 Å². The van der Waals surface area contributed by atoms with Gasteiger partial charge in [-0.25, -0.2) is 0 Å². The second-order valence-electron chi connectivity index (χ2n) is 5.00. The van der Waals surface area contributed by atoms with Crippen LogP contribution in [0.15, 0.2) is 0 Å². The van der Waals surface area contributed by atoms with Gasteiger partial charge in [-0.1, -0.05) is 0 Å². The average Bonchev–Trinajstić information content (AvgIpc) is 2.46. The third kappa shape index (κ3) is 5.44. The molecule has 0 saturated carbocycles. The molecule has 7 nitrogen and oxygen atoms in total. The van der Waals surface area contributed by atoms with E-state index >= 15 is 0 Å². The van der Waals surface area contributed by atoms with Gasteiger partial charge in [0.1, 0.15) is 0 Å². The number of nitrogens with zero attached hydrogens (tertiary/aromatic N) is 2. The molecule has 1 aliphatic rings. The van der Waals surface area contributed by atoms with Gasteiger partial charge in [0, 0.05) is 46.9 Å². The first kappa shape index (κ1) is 16.9. The lowest BCUT2D eigenvalue weighted by molar-refractivity contribution is -0.139. The fourth-order valence-electron chi connectivity index (χ4n) is 2.19. The Hall–Kier alpha value is -1.18. The first-order chi connectivity index (χ1) is 9.56. The summed E-state index contributed by atoms with van der Waals surface area (Å²) in [6.45, 7) is 6.44. The third-order valence-corrected chi connectivity index (χ3v) is 3.44. The van der Waals surface area contributed by atoms with Gasteiger partial charge in [0.2, 0.25) is 11.8 Å². The van der Waals surface area contributed by atoms with E-state index in [0.717, 1.165) is 26.2 Å². The number of hydrogen-bond donors (Lipinski definition) is 2. The van der Waals surface area contributed by atoms with Crippen LogP contribution in [0.2, 0.25) is 0 Å². The quantitative estimate of drug-likeness (QED) is 0.557. The molecule has 1 heterocycles. The third-order valence-electron chi connectivity index (χ3n) is 3.44. The fraction of sp³-hybridized carbons (Fsp3) is 0.846. The summed E-state index contributed by atoms with van der Waals surface area (Å²) >= 11 is 0. The molecule has 1 rings (SSSR count). The molecule has 2 N–H and O–H groups in total. The number of carbonyl (C=O) groups is 2. The molecule has 0 aliphatic carbocycles. The zero-order valence-electron chi connectivity index (χ0n) is 12.6. The number of ether oxygens (including phenoxy) is 1. The van der Waals surface area contributed by atoms with Crippen LogP contribution < -0.4 is 10.6 Å². The molecule has 2 amide bonds. The molecule has 1 atom stereocenters. The monoisotopic (exact) mass is 286 g/mol. The first-order valence-corrected chi connectivity index (χ1v) is 7.01. The average molecular weight is 286 g/mol. The van der Waals surface area contributed by atoms with Crippen molar-refractivity contribution in [3.8, 4) is 0 Å². The highest BCUT2D eigenvalue weighted by molar-refractivity contribution is 5.87. The molecular weight excluding hydrogens is 260 g/mol. The van der Waals surface area contributed by atoms with Crippen molar-refractivity contribution in [3.63, 3.8) is 0 Å². The van der Waals surface area contributed by atoms with Crippen molar-refractivity contribution < 1.29 is 14.3 Å². The summed E-state index contributed by atoms with van der Waals surface area (Å²) in [5, 5.41) is 5.96. The van der Waals surface area contributed by atoms with Gasteiger partial charge in [0.25, 0.3) is 0 Å². The van der Waals surface area contributed by atoms with Crippen LogP contribution in [0, 0.1) is 0 Å². The second-order valence-corrected chi connectivity index (χ2v) is 5.00. The number of likely N-dealkylation sites (N-methyl/N-ethyl adjacent to an activating group) is 1. The predicted octanol–water partition coefficient (Wildman–Crippen LogP) is -1.50. The second kappa shape index (κ2) is 8.89. The normalized spacial score (nSPS) is 17.6. The van der Waals surface area contributed by atoms with Crippen LogP contribution in [0.3, 0.4) is 0 Å². The molecule has 20 heavy (non-hydrogen) atoms. The Morgan fingerprint density at radius 2 is 2.05 bits per heavy atom. The standard InChI is InChI=1S/C13H26N4O3/c1-11(17-7-4-14-5-8-17)13(19)16(2)10-12(18)15-6-9-20-3/h11,14H,4-10H2,1-3H3,(H,15,18). The number of carbonyl (C=O) groups excluding carboxylic acids is 2. The minimum atomic E-state index is -0.186. The number of methoxy groups -OCH3 is 1. The maximum absolute atomic E-state index is 12.3. The molecule has 1 aliphatic heterocycles. The molecule has 7 heteroatoms. The van der Waals surface area contributed by atoms with Crippen LogP contribution in [0.25, 0.3) is 0 Å². The molecule has 1 fully saturated rings. The summed E-state index contributed by atoms with van der Waals surface area (Å²) in [5.41, 5.74) is 0. The van der Waals surface area contributed by atoms with Gasteiger partial charge in [0.05, 0.1) is 19.2 Å². The van der Waals surface area contributed by atoms with E-state index < -0.39 is 0 Å². The van der Waals surface area contributed by atoms with Crippen LogP contribution >= 0.6 is 0 Å². The first-order valence-electron chi connectivity index (χ1n) is 7.01. The molecule has 0 spiro atoms. The molecule has 116 valence electrons. The molecule has 0 radical (unpaired) electrons. The van der Waals surface area contributed by atoms with Crippen LogP contribution in [0.4, 0.5) is 0 Å². The maximum atomic E-state index is 12.3. The lowest BCUT2D eigenvalue weighted by Gasteiger charge is -2.33. The summed E-state index contributed by atoms with van der Waals surface area (Å²) in [6, 6.07) is -0.186. The number of amides is 2. The van der Waals surface area contributed by atoms with Crippen LogP contribution in [-0.2, 0) is 14.3 Å². The van der Waals surface area contributed by atoms with Crippen molar-refractivity contribution in [2.45, 2.75) is 13.0 Å². The van der Waals surface area contributed by atoms with Crippen LogP contribution in [-0.4, -0.2) is 87.7 Å². The largest absolute Gasteiger partial charge is 0.383 e. The van der Waals surface area contributed by atoms with Crippen molar-refractivity contribution in [1.82, 2.24) is 20.4 Å². The van der Waals surface area contributed by atoms with Crippen molar-refractivity contribution in [1.29, 1.82) is 0 Å². The number of hydrogen-bond acceptors (Lipinski definition) is 5. The Morgan fingerprint density at radius 1 is 1.40 bits per heavy atom. The highest BCUT2D eigenvalue weighted by atomic mass is 16.5. The van der Waals surface area contributed by atoms with Crippen molar-refractivity contribution in [3.05, 3.63) is 0 Å². The van der Waals surface area contributed by atoms with E-state index in [9.17, 15) is 9.59 Å². The Kier molecular flexibility index (Phi) is 7.50. The maximum Gasteiger partial charge on any atom is 0.239 e. The minimum Gasteiger partial charge on any atom is -0.383 e. The summed E-state index contributed by atoms with van der Waals surface area (Å²) in [7, 11) is 3.24. The number of rotatable bonds is 7. The van der Waals surface area contributed by atoms with E-state index in [4.69, 9.17) is 4.74 Å². The highest BCUT2D eigenvalue weighted by Crippen LogP contribution is 2.04. The molecule has 0 aromatic rings. The highest BCUT2D eigenvalue weighted by Gasteiger charge is 2.25. The van der Waals surface area contributed by atoms with E-state index in [1.165, 1.54) is 4.90 Å². The molecule has 0 aromatic heterocycles. The molecule has 0 bridgehead atoms. The van der Waals surface area contributed by atoms with E-state index in [1.54, 1.807) is 14.2 Å². The molecular formula is C13H26N4O3. The zero-order chi connectivity index (χ0) is 15.0. The lowest BCUT2D eigenvalue weighted by atomic mass is 10.2. The van der Waals surface area contributed by atoms with E-state index in [1.807, 2.05) is 6.92 Å². The SMILES string of the molecule is COCCNC(=O)CN(C)C(=O)C(C)N1CCNCC1. The number of piperazine rings is 1. The van der Waals surface area contributed by atoms with Crippen molar-refractivity contribution >= 4 is 11.8 Å². The van der Waals surface area contributed by atoms with Gasteiger partial charge in [-0.2, -0.15) is 0 Å². The van der Waals surface area contributed by atoms with Gasteiger partial charge in [-0.15, -0.1) is 0 Å². The van der Waals surface area contributed by atoms with E-state index in [2.05, 4.69) is 15.5 Å². The van der Waals surface area contributed by atoms with Gasteiger partial charge < -0.3 is 20.3 Å². The fourth-order valence-corrected chi connectivity index (χ4v) is 2.19. The Morgan fingerprint density at radius 3 is 2.65 bits per heavy atom. The predicted molar refractivity (Wildman–Crippen MR) is 76.4 cm³/mol. The van der Waals surface area contributed by atoms with E-state index in [0.29, 0.717) is 13.2 Å². The smallest absolute Gasteiger partial charge is 0.239 e. The van der Waals surface area contributed by atoms with Crippen molar-refractivity contribution in [2.75, 3.05) is 60.0 Å².